The van der Waals surface area contributed by atoms with E-state index in [0.717, 1.165) is 23.5 Å². The predicted molar refractivity (Wildman–Crippen MR) is 83.5 cm³/mol. The second-order valence-corrected chi connectivity index (χ2v) is 6.21. The van der Waals surface area contributed by atoms with Gasteiger partial charge in [0.05, 0.1) is 12.1 Å². The second kappa shape index (κ2) is 5.25. The number of nitrogen functional groups attached to an aromatic ring is 1. The first-order valence-electron chi connectivity index (χ1n) is 6.76. The average molecular weight is 286 g/mol. The summed E-state index contributed by atoms with van der Waals surface area (Å²) in [6.45, 7) is 2.83. The zero-order valence-electron chi connectivity index (χ0n) is 11.5. The van der Waals surface area contributed by atoms with Crippen molar-refractivity contribution in [2.24, 2.45) is 5.73 Å². The quantitative estimate of drug-likeness (QED) is 0.656. The minimum absolute atomic E-state index is 0.0995. The summed E-state index contributed by atoms with van der Waals surface area (Å²) in [7, 11) is 0. The second-order valence-electron chi connectivity index (χ2n) is 5.18. The van der Waals surface area contributed by atoms with E-state index in [2.05, 4.69) is 27.4 Å². The number of nitrogens with one attached hydrogen (secondary N) is 1. The molecule has 1 saturated carbocycles. The first-order chi connectivity index (χ1) is 9.66. The molecule has 0 saturated heterocycles. The molecule has 0 unspecified atom stereocenters. The third-order valence-corrected chi connectivity index (χ3v) is 4.44. The fraction of sp³-hybridized carbons (Fsp3) is 0.333. The zero-order valence-corrected chi connectivity index (χ0v) is 12.3. The molecule has 1 aliphatic carbocycles. The van der Waals surface area contributed by atoms with Crippen LogP contribution in [-0.4, -0.2) is 16.9 Å². The average Bonchev–Trinajstić information content (AvgIpc) is 3.12. The normalized spacial score (nSPS) is 14.2. The lowest BCUT2D eigenvalue weighted by Crippen LogP contribution is -2.29. The van der Waals surface area contributed by atoms with Crippen molar-refractivity contribution in [1.29, 1.82) is 5.41 Å². The van der Waals surface area contributed by atoms with Crippen molar-refractivity contribution in [3.63, 3.8) is 0 Å². The Kier molecular flexibility index (Phi) is 3.44. The Morgan fingerprint density at radius 3 is 2.90 bits per heavy atom. The van der Waals surface area contributed by atoms with Crippen molar-refractivity contribution in [2.45, 2.75) is 32.4 Å². The summed E-state index contributed by atoms with van der Waals surface area (Å²) in [5.41, 5.74) is 7.55. The Labute approximate surface area is 122 Å². The first kappa shape index (κ1) is 13.1. The fourth-order valence-corrected chi connectivity index (χ4v) is 3.13. The van der Waals surface area contributed by atoms with Gasteiger partial charge in [-0.1, -0.05) is 6.07 Å². The summed E-state index contributed by atoms with van der Waals surface area (Å²) in [6, 6.07) is 6.66. The number of rotatable bonds is 5. The molecule has 2 aromatic heterocycles. The molecule has 0 radical (unpaired) electrons. The van der Waals surface area contributed by atoms with Crippen LogP contribution in [0.3, 0.4) is 0 Å². The molecule has 1 aliphatic rings. The largest absolute Gasteiger partial charge is 0.384 e. The molecule has 2 heterocycles. The Balaban J connectivity index is 1.99. The van der Waals surface area contributed by atoms with Gasteiger partial charge < -0.3 is 10.6 Å². The lowest BCUT2D eigenvalue weighted by Gasteiger charge is -2.25. The third-order valence-electron chi connectivity index (χ3n) is 3.57. The van der Waals surface area contributed by atoms with Crippen molar-refractivity contribution in [2.75, 3.05) is 4.90 Å². The van der Waals surface area contributed by atoms with E-state index in [1.165, 1.54) is 17.7 Å². The lowest BCUT2D eigenvalue weighted by molar-refractivity contribution is 0.784. The number of thiophene rings is 1. The van der Waals surface area contributed by atoms with Gasteiger partial charge >= 0.3 is 0 Å². The summed E-state index contributed by atoms with van der Waals surface area (Å²) in [6.07, 6.45) is 4.19. The molecule has 0 bridgehead atoms. The van der Waals surface area contributed by atoms with Crippen LogP contribution in [0.4, 0.5) is 5.82 Å². The van der Waals surface area contributed by atoms with E-state index in [9.17, 15) is 0 Å². The summed E-state index contributed by atoms with van der Waals surface area (Å²) in [5.74, 6) is 0.954. The van der Waals surface area contributed by atoms with Gasteiger partial charge in [0.2, 0.25) is 0 Å². The van der Waals surface area contributed by atoms with Gasteiger partial charge in [0, 0.05) is 17.1 Å². The minimum Gasteiger partial charge on any atom is -0.384 e. The highest BCUT2D eigenvalue weighted by molar-refractivity contribution is 7.09. The molecule has 0 amide bonds. The van der Waals surface area contributed by atoms with Crippen LogP contribution in [0.15, 0.2) is 29.8 Å². The van der Waals surface area contributed by atoms with Crippen molar-refractivity contribution in [1.82, 2.24) is 4.98 Å². The van der Waals surface area contributed by atoms with Crippen LogP contribution in [0.25, 0.3) is 0 Å². The van der Waals surface area contributed by atoms with E-state index in [-0.39, 0.29) is 5.84 Å². The van der Waals surface area contributed by atoms with Crippen molar-refractivity contribution in [3.05, 3.63) is 45.8 Å². The molecule has 104 valence electrons. The van der Waals surface area contributed by atoms with Gasteiger partial charge in [-0.25, -0.2) is 4.98 Å². The number of anilines is 1. The molecule has 0 spiro atoms. The fourth-order valence-electron chi connectivity index (χ4n) is 2.43. The van der Waals surface area contributed by atoms with E-state index in [0.29, 0.717) is 6.04 Å². The summed E-state index contributed by atoms with van der Waals surface area (Å²) in [4.78, 5) is 8.13. The van der Waals surface area contributed by atoms with E-state index < -0.39 is 0 Å². The number of nitrogens with two attached hydrogens (primary N) is 1. The topological polar surface area (TPSA) is 66.0 Å². The monoisotopic (exact) mass is 286 g/mol. The van der Waals surface area contributed by atoms with Gasteiger partial charge in [0.15, 0.2) is 0 Å². The summed E-state index contributed by atoms with van der Waals surface area (Å²) in [5, 5.41) is 9.93. The third kappa shape index (κ3) is 2.54. The number of aryl methyl sites for hydroxylation is 1. The molecule has 5 heteroatoms. The highest BCUT2D eigenvalue weighted by Crippen LogP contribution is 2.35. The predicted octanol–water partition coefficient (Wildman–Crippen LogP) is 2.90. The van der Waals surface area contributed by atoms with Gasteiger partial charge in [-0.15, -0.1) is 11.3 Å². The molecule has 3 rings (SSSR count). The number of aromatic nitrogens is 1. The SMILES string of the molecule is Cc1ccnc(N(Cc2cccs2)C2CC2)c1C(=N)N. The maximum Gasteiger partial charge on any atom is 0.140 e. The standard InChI is InChI=1S/C15H18N4S/c1-10-6-7-18-15(13(10)14(16)17)19(11-4-5-11)9-12-3-2-8-20-12/h2-3,6-8,11H,4-5,9H2,1H3,(H3,16,17). The number of hydrogen-bond acceptors (Lipinski definition) is 4. The number of nitrogens with zero attached hydrogens (tertiary/aromatic N) is 2. The summed E-state index contributed by atoms with van der Waals surface area (Å²) >= 11 is 1.76. The molecule has 3 N–H and O–H groups in total. The molecular formula is C15H18N4S. The molecule has 0 aromatic carbocycles. The van der Waals surface area contributed by atoms with Gasteiger partial charge in [0.1, 0.15) is 11.7 Å². The van der Waals surface area contributed by atoms with Gasteiger partial charge in [0.25, 0.3) is 0 Å². The van der Waals surface area contributed by atoms with Crippen molar-refractivity contribution in [3.8, 4) is 0 Å². The lowest BCUT2D eigenvalue weighted by atomic mass is 10.1. The molecule has 0 aliphatic heterocycles. The van der Waals surface area contributed by atoms with Crippen LogP contribution in [0.1, 0.15) is 28.8 Å². The Hall–Kier alpha value is -1.88. The van der Waals surface area contributed by atoms with Crippen LogP contribution in [0.2, 0.25) is 0 Å². The van der Waals surface area contributed by atoms with E-state index in [1.54, 1.807) is 17.5 Å². The maximum atomic E-state index is 7.84. The van der Waals surface area contributed by atoms with Gasteiger partial charge in [-0.3, -0.25) is 5.41 Å². The Morgan fingerprint density at radius 1 is 1.50 bits per heavy atom. The first-order valence-corrected chi connectivity index (χ1v) is 7.64. The molecule has 1 fully saturated rings. The van der Waals surface area contributed by atoms with Crippen LogP contribution >= 0.6 is 11.3 Å². The molecule has 4 nitrogen and oxygen atoms in total. The smallest absolute Gasteiger partial charge is 0.140 e. The van der Waals surface area contributed by atoms with Crippen LogP contribution in [0, 0.1) is 12.3 Å². The Morgan fingerprint density at radius 2 is 2.30 bits per heavy atom. The molecule has 20 heavy (non-hydrogen) atoms. The maximum absolute atomic E-state index is 7.84. The molecule has 0 atom stereocenters. The molecule has 2 aromatic rings. The highest BCUT2D eigenvalue weighted by Gasteiger charge is 2.32. The van der Waals surface area contributed by atoms with E-state index in [4.69, 9.17) is 11.1 Å². The van der Waals surface area contributed by atoms with Crippen LogP contribution < -0.4 is 10.6 Å². The van der Waals surface area contributed by atoms with Crippen molar-refractivity contribution >= 4 is 23.0 Å². The van der Waals surface area contributed by atoms with Crippen LogP contribution in [-0.2, 0) is 6.54 Å². The highest BCUT2D eigenvalue weighted by atomic mass is 32.1. The van der Waals surface area contributed by atoms with E-state index in [1.807, 2.05) is 13.0 Å². The number of pyridine rings is 1. The summed E-state index contributed by atoms with van der Waals surface area (Å²) < 4.78 is 0. The zero-order chi connectivity index (χ0) is 14.1. The number of hydrogen-bond donors (Lipinski definition) is 2. The van der Waals surface area contributed by atoms with Gasteiger partial charge in [-0.05, 0) is 42.8 Å². The van der Waals surface area contributed by atoms with E-state index >= 15 is 0 Å². The molecular weight excluding hydrogens is 268 g/mol. The number of amidine groups is 1. The Bertz CT molecular complexity index is 617. The van der Waals surface area contributed by atoms with Gasteiger partial charge in [-0.2, -0.15) is 0 Å². The minimum atomic E-state index is 0.0995. The van der Waals surface area contributed by atoms with Crippen LogP contribution in [0.5, 0.6) is 0 Å². The van der Waals surface area contributed by atoms with Crippen molar-refractivity contribution < 1.29 is 0 Å².